The van der Waals surface area contributed by atoms with Gasteiger partial charge in [-0.1, -0.05) is 0 Å². The van der Waals surface area contributed by atoms with Gasteiger partial charge in [-0.15, -0.1) is 0 Å². The highest BCUT2D eigenvalue weighted by molar-refractivity contribution is 5.90. The molecule has 1 rings (SSSR count). The van der Waals surface area contributed by atoms with Crippen molar-refractivity contribution in [2.45, 2.75) is 24.4 Å². The number of methoxy groups -OCH3 is 2. The van der Waals surface area contributed by atoms with Crippen LogP contribution in [0, 0.1) is 0 Å². The fraction of sp³-hybridized carbons (Fsp3) is 0.500. The maximum absolute atomic E-state index is 11.4. The Morgan fingerprint density at radius 3 is 2.25 bits per heavy atom. The van der Waals surface area contributed by atoms with Crippen LogP contribution in [-0.2, 0) is 23.8 Å². The average molecular weight is 288 g/mol. The van der Waals surface area contributed by atoms with E-state index in [-0.39, 0.29) is 5.57 Å². The number of aliphatic hydroxyl groups is 3. The number of rotatable bonds is 4. The first kappa shape index (κ1) is 16.2. The molecule has 0 aromatic heterocycles. The number of aliphatic hydroxyl groups excluding tert-OH is 3. The zero-order chi connectivity index (χ0) is 15.4. The minimum atomic E-state index is -1.68. The summed E-state index contributed by atoms with van der Waals surface area (Å²) in [7, 11) is 2.21. The maximum Gasteiger partial charge on any atom is 0.372 e. The van der Waals surface area contributed by atoms with Gasteiger partial charge < -0.3 is 29.5 Å². The fourth-order valence-electron chi connectivity index (χ4n) is 1.68. The topological polar surface area (TPSA) is 123 Å². The summed E-state index contributed by atoms with van der Waals surface area (Å²) in [6.45, 7) is 3.29. The van der Waals surface area contributed by atoms with Gasteiger partial charge >= 0.3 is 11.9 Å². The highest BCUT2D eigenvalue weighted by atomic mass is 16.6. The van der Waals surface area contributed by atoms with Gasteiger partial charge in [0.2, 0.25) is 0 Å². The van der Waals surface area contributed by atoms with Crippen molar-refractivity contribution in [2.75, 3.05) is 14.2 Å². The van der Waals surface area contributed by atoms with Crippen molar-refractivity contribution in [2.24, 2.45) is 0 Å². The van der Waals surface area contributed by atoms with Gasteiger partial charge in [-0.3, -0.25) is 0 Å². The fourth-order valence-corrected chi connectivity index (χ4v) is 1.68. The summed E-state index contributed by atoms with van der Waals surface area (Å²) in [6, 6.07) is 0. The van der Waals surface area contributed by atoms with Gasteiger partial charge in [-0.25, -0.2) is 9.59 Å². The van der Waals surface area contributed by atoms with Crippen LogP contribution in [0.15, 0.2) is 24.0 Å². The number of esters is 2. The minimum absolute atomic E-state index is 0.284. The van der Waals surface area contributed by atoms with Crippen molar-refractivity contribution in [1.29, 1.82) is 0 Å². The Hall–Kier alpha value is -1.90. The standard InChI is InChI=1S/C12H16O8/c1-5(11(16)18-2)20-7-4-6(12(17)19-3)8(13)10(15)9(7)14/h4,7-10,13-15H,1H2,2-3H3. The van der Waals surface area contributed by atoms with Crippen molar-refractivity contribution < 1.29 is 39.1 Å². The van der Waals surface area contributed by atoms with Crippen molar-refractivity contribution in [1.82, 2.24) is 0 Å². The number of hydrogen-bond acceptors (Lipinski definition) is 8. The molecule has 4 unspecified atom stereocenters. The van der Waals surface area contributed by atoms with Crippen molar-refractivity contribution in [3.8, 4) is 0 Å². The smallest absolute Gasteiger partial charge is 0.372 e. The highest BCUT2D eigenvalue weighted by Crippen LogP contribution is 2.24. The zero-order valence-corrected chi connectivity index (χ0v) is 11.0. The van der Waals surface area contributed by atoms with E-state index >= 15 is 0 Å². The van der Waals surface area contributed by atoms with Crippen molar-refractivity contribution >= 4 is 11.9 Å². The van der Waals surface area contributed by atoms with Gasteiger partial charge in [-0.05, 0) is 12.7 Å². The molecule has 0 aromatic rings. The van der Waals surface area contributed by atoms with Gasteiger partial charge in [-0.2, -0.15) is 0 Å². The molecule has 0 aromatic carbocycles. The molecule has 0 aliphatic heterocycles. The first-order valence-corrected chi connectivity index (χ1v) is 5.61. The second-order valence-corrected chi connectivity index (χ2v) is 4.04. The molecule has 3 N–H and O–H groups in total. The van der Waals surface area contributed by atoms with Gasteiger partial charge in [0.25, 0.3) is 0 Å². The predicted octanol–water partition coefficient (Wildman–Crippen LogP) is -1.75. The molecular weight excluding hydrogens is 272 g/mol. The molecule has 0 saturated heterocycles. The summed E-state index contributed by atoms with van der Waals surface area (Å²) < 4.78 is 13.8. The lowest BCUT2D eigenvalue weighted by Crippen LogP contribution is -2.50. The molecule has 0 heterocycles. The second kappa shape index (κ2) is 6.51. The van der Waals surface area contributed by atoms with Crippen LogP contribution < -0.4 is 0 Å². The summed E-state index contributed by atoms with van der Waals surface area (Å²) in [4.78, 5) is 22.6. The number of ether oxygens (including phenoxy) is 3. The molecule has 0 radical (unpaired) electrons. The molecule has 0 fully saturated rings. The molecule has 8 heteroatoms. The molecule has 20 heavy (non-hydrogen) atoms. The van der Waals surface area contributed by atoms with Crippen LogP contribution >= 0.6 is 0 Å². The lowest BCUT2D eigenvalue weighted by Gasteiger charge is -2.33. The molecule has 1 aliphatic carbocycles. The third kappa shape index (κ3) is 3.16. The first-order valence-electron chi connectivity index (χ1n) is 5.61. The second-order valence-electron chi connectivity index (χ2n) is 4.04. The van der Waals surface area contributed by atoms with Gasteiger partial charge in [0.1, 0.15) is 24.4 Å². The van der Waals surface area contributed by atoms with E-state index in [4.69, 9.17) is 4.74 Å². The van der Waals surface area contributed by atoms with Crippen LogP contribution in [-0.4, -0.2) is 65.9 Å². The summed E-state index contributed by atoms with van der Waals surface area (Å²) >= 11 is 0. The first-order chi connectivity index (χ1) is 9.33. The molecule has 4 atom stereocenters. The van der Waals surface area contributed by atoms with Crippen LogP contribution in [0.5, 0.6) is 0 Å². The summed E-state index contributed by atoms with van der Waals surface area (Å²) in [5, 5.41) is 29.1. The molecule has 0 amide bonds. The van der Waals surface area contributed by atoms with E-state index in [1.54, 1.807) is 0 Å². The largest absolute Gasteiger partial charge is 0.477 e. The Balaban J connectivity index is 2.99. The number of carbonyl (C=O) groups excluding carboxylic acids is 2. The van der Waals surface area contributed by atoms with Crippen LogP contribution in [0.1, 0.15) is 0 Å². The lowest BCUT2D eigenvalue weighted by atomic mass is 9.89. The normalized spacial score (nSPS) is 29.1. The van der Waals surface area contributed by atoms with Gasteiger partial charge in [0.15, 0.2) is 5.76 Å². The van der Waals surface area contributed by atoms with E-state index in [2.05, 4.69) is 16.1 Å². The van der Waals surface area contributed by atoms with Crippen molar-refractivity contribution in [3.05, 3.63) is 24.0 Å². The highest BCUT2D eigenvalue weighted by Gasteiger charge is 2.41. The van der Waals surface area contributed by atoms with E-state index in [0.29, 0.717) is 0 Å². The molecule has 0 bridgehead atoms. The predicted molar refractivity (Wildman–Crippen MR) is 64.1 cm³/mol. The maximum atomic E-state index is 11.4. The van der Waals surface area contributed by atoms with Crippen LogP contribution in [0.4, 0.5) is 0 Å². The van der Waals surface area contributed by atoms with E-state index in [0.717, 1.165) is 20.3 Å². The van der Waals surface area contributed by atoms with Crippen LogP contribution in [0.25, 0.3) is 0 Å². The molecule has 0 spiro atoms. The third-order valence-electron chi connectivity index (χ3n) is 2.78. The Morgan fingerprint density at radius 2 is 1.75 bits per heavy atom. The molecule has 1 aliphatic rings. The number of hydrogen-bond donors (Lipinski definition) is 3. The van der Waals surface area contributed by atoms with Crippen LogP contribution in [0.2, 0.25) is 0 Å². The lowest BCUT2D eigenvalue weighted by molar-refractivity contribution is -0.147. The van der Waals surface area contributed by atoms with E-state index in [9.17, 15) is 24.9 Å². The number of carbonyl (C=O) groups is 2. The minimum Gasteiger partial charge on any atom is -0.477 e. The van der Waals surface area contributed by atoms with Crippen molar-refractivity contribution in [3.63, 3.8) is 0 Å². The molecule has 0 saturated carbocycles. The summed E-state index contributed by atoms with van der Waals surface area (Å²) in [5.74, 6) is -2.17. The third-order valence-corrected chi connectivity index (χ3v) is 2.78. The SMILES string of the molecule is C=C(OC1C=C(C(=O)OC)C(O)C(O)C1O)C(=O)OC. The van der Waals surface area contributed by atoms with Gasteiger partial charge in [0, 0.05) is 0 Å². The van der Waals surface area contributed by atoms with E-state index < -0.39 is 42.1 Å². The van der Waals surface area contributed by atoms with Gasteiger partial charge in [0.05, 0.1) is 19.8 Å². The van der Waals surface area contributed by atoms with Crippen LogP contribution in [0.3, 0.4) is 0 Å². The van der Waals surface area contributed by atoms with E-state index in [1.807, 2.05) is 0 Å². The quantitative estimate of drug-likeness (QED) is 0.316. The molecule has 8 nitrogen and oxygen atoms in total. The monoisotopic (exact) mass is 288 g/mol. The Labute approximate surface area is 114 Å². The molecular formula is C12H16O8. The Kier molecular flexibility index (Phi) is 5.26. The molecule has 112 valence electrons. The summed E-state index contributed by atoms with van der Waals surface area (Å²) in [6.07, 6.45) is -5.05. The Morgan fingerprint density at radius 1 is 1.15 bits per heavy atom. The zero-order valence-electron chi connectivity index (χ0n) is 11.0. The average Bonchev–Trinajstić information content (AvgIpc) is 2.45. The van der Waals surface area contributed by atoms with E-state index in [1.165, 1.54) is 0 Å². The Bertz CT molecular complexity index is 441. The summed E-state index contributed by atoms with van der Waals surface area (Å²) in [5.41, 5.74) is -0.284.